The number of nitrogens with one attached hydrogen (secondary N) is 1. The molecule has 0 radical (unpaired) electrons. The third-order valence-electron chi connectivity index (χ3n) is 5.12. The molecule has 0 bridgehead atoms. The van der Waals surface area contributed by atoms with Crippen LogP contribution in [-0.4, -0.2) is 24.4 Å². The molecule has 2 fully saturated rings. The van der Waals surface area contributed by atoms with Gasteiger partial charge in [-0.3, -0.25) is 9.59 Å². The van der Waals surface area contributed by atoms with Crippen molar-refractivity contribution in [3.05, 3.63) is 29.8 Å². The Morgan fingerprint density at radius 2 is 1.92 bits per heavy atom. The number of carbonyl (C=O) groups excluding carboxylic acids is 2. The Kier molecular flexibility index (Phi) is 7.26. The number of carbonyl (C=O) groups is 2. The first-order valence-electron chi connectivity index (χ1n) is 9.06. The molecular weight excluding hydrogens is 338 g/mol. The maximum absolute atomic E-state index is 12.3. The minimum atomic E-state index is 0. The van der Waals surface area contributed by atoms with Gasteiger partial charge in [-0.05, 0) is 49.8 Å². The largest absolute Gasteiger partial charge is 0.352 e. The normalized spacial score (nSPS) is 23.7. The number of amides is 2. The van der Waals surface area contributed by atoms with E-state index in [-0.39, 0.29) is 36.2 Å². The Morgan fingerprint density at radius 1 is 1.16 bits per heavy atom. The summed E-state index contributed by atoms with van der Waals surface area (Å²) in [4.78, 5) is 26.1. The molecule has 25 heavy (non-hydrogen) atoms. The average Bonchev–Trinajstić information content (AvgIpc) is 2.61. The van der Waals surface area contributed by atoms with Gasteiger partial charge in [0.15, 0.2) is 0 Å². The molecule has 5 nitrogen and oxygen atoms in total. The number of piperidine rings is 1. The molecular formula is C19H28ClN3O2. The van der Waals surface area contributed by atoms with Gasteiger partial charge >= 0.3 is 0 Å². The van der Waals surface area contributed by atoms with Gasteiger partial charge in [0.25, 0.3) is 0 Å². The van der Waals surface area contributed by atoms with Crippen molar-refractivity contribution in [2.45, 2.75) is 57.5 Å². The molecule has 2 unspecified atom stereocenters. The van der Waals surface area contributed by atoms with Gasteiger partial charge in [-0.15, -0.1) is 12.4 Å². The molecule has 138 valence electrons. The zero-order valence-electron chi connectivity index (χ0n) is 14.6. The van der Waals surface area contributed by atoms with Gasteiger partial charge in [0.05, 0.1) is 0 Å². The highest BCUT2D eigenvalue weighted by Crippen LogP contribution is 2.24. The summed E-state index contributed by atoms with van der Waals surface area (Å²) in [6, 6.07) is 8.09. The topological polar surface area (TPSA) is 75.4 Å². The van der Waals surface area contributed by atoms with E-state index in [1.54, 1.807) is 0 Å². The molecule has 3 N–H and O–H groups in total. The Morgan fingerprint density at radius 3 is 2.60 bits per heavy atom. The smallest absolute Gasteiger partial charge is 0.226 e. The zero-order chi connectivity index (χ0) is 16.9. The molecule has 1 aliphatic heterocycles. The van der Waals surface area contributed by atoms with E-state index < -0.39 is 0 Å². The maximum atomic E-state index is 12.3. The Bertz CT molecular complexity index is 591. The summed E-state index contributed by atoms with van der Waals surface area (Å²) in [5.74, 6) is 0.371. The second-order valence-electron chi connectivity index (χ2n) is 7.01. The van der Waals surface area contributed by atoms with E-state index >= 15 is 0 Å². The van der Waals surface area contributed by atoms with Crippen molar-refractivity contribution in [3.63, 3.8) is 0 Å². The molecule has 2 aliphatic rings. The standard InChI is InChI=1S/C19H27N3O2.ClH/c20-16-5-3-4-15(12-16)19(24)21-13-14-7-9-17(10-8-14)22-11-2-1-6-18(22)23;/h7-10,15-16H,1-6,11-13,20H2,(H,21,24);1H. The lowest BCUT2D eigenvalue weighted by molar-refractivity contribution is -0.126. The van der Waals surface area contributed by atoms with Gasteiger partial charge in [-0.25, -0.2) is 0 Å². The van der Waals surface area contributed by atoms with E-state index in [4.69, 9.17) is 5.73 Å². The van der Waals surface area contributed by atoms with E-state index in [1.165, 1.54) is 0 Å². The van der Waals surface area contributed by atoms with Crippen molar-refractivity contribution >= 4 is 29.9 Å². The first kappa shape index (κ1) is 19.7. The van der Waals surface area contributed by atoms with Gasteiger partial charge in [0.1, 0.15) is 0 Å². The van der Waals surface area contributed by atoms with Crippen molar-refractivity contribution in [2.75, 3.05) is 11.4 Å². The van der Waals surface area contributed by atoms with Crippen LogP contribution in [0.1, 0.15) is 50.5 Å². The first-order valence-corrected chi connectivity index (χ1v) is 9.06. The summed E-state index contributed by atoms with van der Waals surface area (Å²) in [7, 11) is 0. The summed E-state index contributed by atoms with van der Waals surface area (Å²) >= 11 is 0. The minimum Gasteiger partial charge on any atom is -0.352 e. The fourth-order valence-electron chi connectivity index (χ4n) is 3.67. The third-order valence-corrected chi connectivity index (χ3v) is 5.12. The lowest BCUT2D eigenvalue weighted by Crippen LogP contribution is -2.37. The number of hydrogen-bond donors (Lipinski definition) is 2. The minimum absolute atomic E-state index is 0. The number of benzene rings is 1. The number of hydrogen-bond acceptors (Lipinski definition) is 3. The van der Waals surface area contributed by atoms with Crippen LogP contribution in [0.25, 0.3) is 0 Å². The molecule has 1 saturated heterocycles. The summed E-state index contributed by atoms with van der Waals surface area (Å²) < 4.78 is 0. The molecule has 1 aromatic rings. The van der Waals surface area contributed by atoms with Crippen LogP contribution in [0.5, 0.6) is 0 Å². The molecule has 1 aliphatic carbocycles. The van der Waals surface area contributed by atoms with Crippen LogP contribution < -0.4 is 16.0 Å². The third kappa shape index (κ3) is 5.19. The van der Waals surface area contributed by atoms with Crippen molar-refractivity contribution < 1.29 is 9.59 Å². The van der Waals surface area contributed by atoms with Crippen LogP contribution in [0.15, 0.2) is 24.3 Å². The van der Waals surface area contributed by atoms with Crippen LogP contribution in [-0.2, 0) is 16.1 Å². The molecule has 0 aromatic heterocycles. The quantitative estimate of drug-likeness (QED) is 0.861. The molecule has 1 aromatic carbocycles. The number of halogens is 1. The molecule has 0 spiro atoms. The lowest BCUT2D eigenvalue weighted by atomic mass is 9.85. The lowest BCUT2D eigenvalue weighted by Gasteiger charge is -2.27. The molecule has 2 atom stereocenters. The van der Waals surface area contributed by atoms with Crippen LogP contribution in [0, 0.1) is 5.92 Å². The summed E-state index contributed by atoms with van der Waals surface area (Å²) in [6.07, 6.45) is 6.49. The molecule has 1 heterocycles. The average molecular weight is 366 g/mol. The highest BCUT2D eigenvalue weighted by atomic mass is 35.5. The second-order valence-corrected chi connectivity index (χ2v) is 7.01. The number of nitrogens with zero attached hydrogens (tertiary/aromatic N) is 1. The van der Waals surface area contributed by atoms with Crippen molar-refractivity contribution in [2.24, 2.45) is 11.7 Å². The van der Waals surface area contributed by atoms with Crippen LogP contribution in [0.2, 0.25) is 0 Å². The molecule has 3 rings (SSSR count). The van der Waals surface area contributed by atoms with Gasteiger partial charge in [0, 0.05) is 37.2 Å². The molecule has 6 heteroatoms. The molecule has 2 amide bonds. The van der Waals surface area contributed by atoms with Crippen LogP contribution in [0.3, 0.4) is 0 Å². The van der Waals surface area contributed by atoms with E-state index in [2.05, 4.69) is 5.32 Å². The predicted octanol–water partition coefficient (Wildman–Crippen LogP) is 2.76. The first-order chi connectivity index (χ1) is 11.6. The second kappa shape index (κ2) is 9.20. The van der Waals surface area contributed by atoms with Gasteiger partial charge in [-0.1, -0.05) is 18.6 Å². The maximum Gasteiger partial charge on any atom is 0.226 e. The number of nitrogens with two attached hydrogens (primary N) is 1. The fourth-order valence-corrected chi connectivity index (χ4v) is 3.67. The fraction of sp³-hybridized carbons (Fsp3) is 0.579. The van der Waals surface area contributed by atoms with Crippen molar-refractivity contribution in [1.29, 1.82) is 0 Å². The SMILES string of the molecule is Cl.NC1CCCC(C(=O)NCc2ccc(N3CCCCC3=O)cc2)C1. The van der Waals surface area contributed by atoms with E-state index in [0.29, 0.717) is 13.0 Å². The van der Waals surface area contributed by atoms with E-state index in [9.17, 15) is 9.59 Å². The summed E-state index contributed by atoms with van der Waals surface area (Å²) in [6.45, 7) is 1.33. The van der Waals surface area contributed by atoms with Crippen LogP contribution >= 0.6 is 12.4 Å². The monoisotopic (exact) mass is 365 g/mol. The highest BCUT2D eigenvalue weighted by Gasteiger charge is 2.25. The predicted molar refractivity (Wildman–Crippen MR) is 102 cm³/mol. The number of rotatable bonds is 4. The summed E-state index contributed by atoms with van der Waals surface area (Å²) in [5.41, 5.74) is 7.96. The molecule has 1 saturated carbocycles. The highest BCUT2D eigenvalue weighted by molar-refractivity contribution is 5.93. The van der Waals surface area contributed by atoms with Crippen LogP contribution in [0.4, 0.5) is 5.69 Å². The Balaban J connectivity index is 0.00000225. The van der Waals surface area contributed by atoms with Crippen molar-refractivity contribution in [3.8, 4) is 0 Å². The van der Waals surface area contributed by atoms with E-state index in [0.717, 1.165) is 56.3 Å². The van der Waals surface area contributed by atoms with Gasteiger partial charge in [0.2, 0.25) is 11.8 Å². The summed E-state index contributed by atoms with van der Waals surface area (Å²) in [5, 5.41) is 3.02. The Labute approximate surface area is 155 Å². The number of anilines is 1. The Hall–Kier alpha value is -1.59. The van der Waals surface area contributed by atoms with Gasteiger partial charge < -0.3 is 16.0 Å². The van der Waals surface area contributed by atoms with Gasteiger partial charge in [-0.2, -0.15) is 0 Å². The zero-order valence-corrected chi connectivity index (χ0v) is 15.4. The van der Waals surface area contributed by atoms with Crippen molar-refractivity contribution in [1.82, 2.24) is 5.32 Å². The van der Waals surface area contributed by atoms with E-state index in [1.807, 2.05) is 29.2 Å².